The lowest BCUT2D eigenvalue weighted by molar-refractivity contribution is -0.115. The first kappa shape index (κ1) is 14.4. The zero-order valence-corrected chi connectivity index (χ0v) is 12.5. The van der Waals surface area contributed by atoms with Crippen molar-refractivity contribution in [3.8, 4) is 0 Å². The Morgan fingerprint density at radius 1 is 1.35 bits per heavy atom. The summed E-state index contributed by atoms with van der Waals surface area (Å²) in [6.45, 7) is 2.10. The highest BCUT2D eigenvalue weighted by molar-refractivity contribution is 9.10. The summed E-state index contributed by atoms with van der Waals surface area (Å²) in [4.78, 5) is 22.8. The van der Waals surface area contributed by atoms with Crippen molar-refractivity contribution < 1.29 is 14.3 Å². The van der Waals surface area contributed by atoms with Gasteiger partial charge in [0.15, 0.2) is 0 Å². The second kappa shape index (κ2) is 6.91. The fourth-order valence-electron chi connectivity index (χ4n) is 1.32. The van der Waals surface area contributed by atoms with E-state index in [2.05, 4.69) is 31.9 Å². The van der Waals surface area contributed by atoms with Crippen LogP contribution in [0.1, 0.15) is 22.8 Å². The van der Waals surface area contributed by atoms with Gasteiger partial charge in [-0.15, -0.1) is 0 Å². The normalized spacial score (nSPS) is 10.1. The lowest BCUT2D eigenvalue weighted by Gasteiger charge is -2.06. The fraction of sp³-hybridized carbons (Fsp3) is 0.333. The lowest BCUT2D eigenvalue weighted by Crippen LogP contribution is -2.07. The molecule has 0 aliphatic heterocycles. The maximum absolute atomic E-state index is 11.5. The van der Waals surface area contributed by atoms with E-state index in [1.807, 2.05) is 0 Å². The Morgan fingerprint density at radius 2 is 2.06 bits per heavy atom. The van der Waals surface area contributed by atoms with Gasteiger partial charge in [0.2, 0.25) is 0 Å². The largest absolute Gasteiger partial charge is 0.462 e. The molecule has 0 heterocycles. The van der Waals surface area contributed by atoms with E-state index in [1.54, 1.807) is 25.1 Å². The maximum Gasteiger partial charge on any atom is 0.339 e. The zero-order valence-electron chi connectivity index (χ0n) is 9.33. The number of carbonyl (C=O) groups is 2. The van der Waals surface area contributed by atoms with Crippen LogP contribution in [0.2, 0.25) is 0 Å². The molecule has 0 aromatic heterocycles. The first-order valence-electron chi connectivity index (χ1n) is 5.11. The van der Waals surface area contributed by atoms with Gasteiger partial charge in [-0.3, -0.25) is 4.79 Å². The molecule has 0 saturated heterocycles. The van der Waals surface area contributed by atoms with Gasteiger partial charge >= 0.3 is 5.97 Å². The van der Waals surface area contributed by atoms with E-state index in [0.717, 1.165) is 5.56 Å². The van der Waals surface area contributed by atoms with Gasteiger partial charge in [0.25, 0.3) is 0 Å². The Kier molecular flexibility index (Phi) is 5.85. The number of ether oxygens (including phenoxy) is 1. The molecule has 0 aliphatic carbocycles. The summed E-state index contributed by atoms with van der Waals surface area (Å²) in [5, 5.41) is 0.338. The van der Waals surface area contributed by atoms with E-state index >= 15 is 0 Å². The first-order valence-corrected chi connectivity index (χ1v) is 7.03. The second-order valence-electron chi connectivity index (χ2n) is 3.38. The summed E-state index contributed by atoms with van der Waals surface area (Å²) in [6.07, 6.45) is 0.354. The summed E-state index contributed by atoms with van der Waals surface area (Å²) in [6, 6.07) is 5.20. The Morgan fingerprint density at radius 3 is 2.59 bits per heavy atom. The molecule has 0 spiro atoms. The minimum atomic E-state index is -0.363. The van der Waals surface area contributed by atoms with Crippen LogP contribution in [0.5, 0.6) is 0 Å². The Bertz CT molecular complexity index is 430. The van der Waals surface area contributed by atoms with Crippen LogP contribution in [-0.4, -0.2) is 23.7 Å². The minimum absolute atomic E-state index is 0.0979. The van der Waals surface area contributed by atoms with Crippen LogP contribution in [0.25, 0.3) is 0 Å². The molecule has 3 nitrogen and oxygen atoms in total. The number of rotatable bonds is 5. The molecule has 0 radical (unpaired) electrons. The first-order chi connectivity index (χ1) is 8.08. The van der Waals surface area contributed by atoms with Gasteiger partial charge in [0.1, 0.15) is 5.78 Å². The van der Waals surface area contributed by atoms with Crippen molar-refractivity contribution in [2.45, 2.75) is 13.3 Å². The van der Waals surface area contributed by atoms with Crippen LogP contribution >= 0.6 is 31.9 Å². The van der Waals surface area contributed by atoms with Gasteiger partial charge in [-0.2, -0.15) is 0 Å². The fourth-order valence-corrected chi connectivity index (χ4v) is 2.10. The number of carbonyl (C=O) groups excluding carboxylic acids is 2. The van der Waals surface area contributed by atoms with E-state index in [1.165, 1.54) is 0 Å². The predicted octanol–water partition coefficient (Wildman–Crippen LogP) is 3.13. The molecule has 0 unspecified atom stereocenters. The lowest BCUT2D eigenvalue weighted by atomic mass is 10.1. The Balaban J connectivity index is 2.86. The SMILES string of the molecule is CCOC(=O)c1ccc(CC(=O)CBr)cc1Br. The van der Waals surface area contributed by atoms with Gasteiger partial charge < -0.3 is 4.74 Å². The standard InChI is InChI=1S/C12H12Br2O3/c1-2-17-12(16)10-4-3-8(6-11(10)14)5-9(15)7-13/h3-4,6H,2,5,7H2,1H3. The van der Waals surface area contributed by atoms with Crippen LogP contribution in [-0.2, 0) is 16.0 Å². The summed E-state index contributed by atoms with van der Waals surface area (Å²) in [5.41, 5.74) is 1.34. The van der Waals surface area contributed by atoms with Gasteiger partial charge in [0, 0.05) is 10.9 Å². The summed E-state index contributed by atoms with van der Waals surface area (Å²) in [5.74, 6) is -0.265. The number of Topliss-reactive ketones (excluding diaryl/α,β-unsaturated/α-hetero) is 1. The van der Waals surface area contributed by atoms with Crippen molar-refractivity contribution in [2.24, 2.45) is 0 Å². The van der Waals surface area contributed by atoms with E-state index < -0.39 is 0 Å². The monoisotopic (exact) mass is 362 g/mol. The maximum atomic E-state index is 11.5. The van der Waals surface area contributed by atoms with Crippen LogP contribution in [0.4, 0.5) is 0 Å². The highest BCUT2D eigenvalue weighted by Crippen LogP contribution is 2.20. The average Bonchev–Trinajstić information content (AvgIpc) is 2.29. The molecule has 17 heavy (non-hydrogen) atoms. The number of alkyl halides is 1. The molecule has 0 bridgehead atoms. The van der Waals surface area contributed by atoms with Crippen molar-refractivity contribution in [1.29, 1.82) is 0 Å². The number of ketones is 1. The van der Waals surface area contributed by atoms with E-state index in [9.17, 15) is 9.59 Å². The molecule has 0 N–H and O–H groups in total. The zero-order chi connectivity index (χ0) is 12.8. The molecule has 0 amide bonds. The van der Waals surface area contributed by atoms with E-state index in [-0.39, 0.29) is 11.8 Å². The van der Waals surface area contributed by atoms with Gasteiger partial charge in [-0.25, -0.2) is 4.79 Å². The summed E-state index contributed by atoms with van der Waals surface area (Å²) >= 11 is 6.42. The van der Waals surface area contributed by atoms with Gasteiger partial charge in [0.05, 0.1) is 17.5 Å². The van der Waals surface area contributed by atoms with E-state index in [0.29, 0.717) is 28.4 Å². The van der Waals surface area contributed by atoms with Crippen molar-refractivity contribution in [1.82, 2.24) is 0 Å². The number of halogens is 2. The third-order valence-corrected chi connectivity index (χ3v) is 3.36. The molecule has 1 rings (SSSR count). The van der Waals surface area contributed by atoms with Crippen LogP contribution in [0.15, 0.2) is 22.7 Å². The molecule has 0 fully saturated rings. The van der Waals surface area contributed by atoms with Crippen molar-refractivity contribution in [3.05, 3.63) is 33.8 Å². The third kappa shape index (κ3) is 4.24. The number of benzene rings is 1. The molecule has 1 aromatic carbocycles. The highest BCUT2D eigenvalue weighted by Gasteiger charge is 2.12. The molecule has 92 valence electrons. The summed E-state index contributed by atoms with van der Waals surface area (Å²) in [7, 11) is 0. The average molecular weight is 364 g/mol. The molecular formula is C12H12Br2O3. The number of esters is 1. The Hall–Kier alpha value is -0.680. The van der Waals surface area contributed by atoms with E-state index in [4.69, 9.17) is 4.74 Å². The molecule has 0 atom stereocenters. The van der Waals surface area contributed by atoms with Crippen molar-refractivity contribution in [3.63, 3.8) is 0 Å². The predicted molar refractivity (Wildman–Crippen MR) is 72.6 cm³/mol. The molecule has 1 aromatic rings. The van der Waals surface area contributed by atoms with Gasteiger partial charge in [-0.05, 0) is 40.5 Å². The molecule has 0 saturated carbocycles. The quantitative estimate of drug-likeness (QED) is 0.596. The van der Waals surface area contributed by atoms with Crippen molar-refractivity contribution >= 4 is 43.6 Å². The number of hydrogen-bond acceptors (Lipinski definition) is 3. The van der Waals surface area contributed by atoms with Crippen molar-refractivity contribution in [2.75, 3.05) is 11.9 Å². The highest BCUT2D eigenvalue weighted by atomic mass is 79.9. The topological polar surface area (TPSA) is 43.4 Å². The van der Waals surface area contributed by atoms with Crippen LogP contribution < -0.4 is 0 Å². The number of hydrogen-bond donors (Lipinski definition) is 0. The van der Waals surface area contributed by atoms with Gasteiger partial charge in [-0.1, -0.05) is 22.0 Å². The molecular weight excluding hydrogens is 352 g/mol. The Labute approximate surface area is 117 Å². The third-order valence-electron chi connectivity index (χ3n) is 2.08. The smallest absolute Gasteiger partial charge is 0.339 e. The summed E-state index contributed by atoms with van der Waals surface area (Å²) < 4.78 is 5.56. The molecule has 5 heteroatoms. The second-order valence-corrected chi connectivity index (χ2v) is 4.80. The van der Waals surface area contributed by atoms with Crippen LogP contribution in [0, 0.1) is 0 Å². The minimum Gasteiger partial charge on any atom is -0.462 e. The molecule has 0 aliphatic rings. The van der Waals surface area contributed by atoms with Crippen LogP contribution in [0.3, 0.4) is 0 Å².